The van der Waals surface area contributed by atoms with Crippen molar-refractivity contribution in [2.45, 2.75) is 76.9 Å². The molecule has 1 aromatic rings. The number of aliphatic hydroxyl groups is 1. The molecule has 220 valence electrons. The van der Waals surface area contributed by atoms with Crippen LogP contribution in [0.15, 0.2) is 42.5 Å². The molecule has 5 rings (SSSR count). The van der Waals surface area contributed by atoms with Gasteiger partial charge in [0.15, 0.2) is 0 Å². The molecule has 0 unspecified atom stereocenters. The predicted molar refractivity (Wildman–Crippen MR) is 151 cm³/mol. The summed E-state index contributed by atoms with van der Waals surface area (Å²) in [6.45, 7) is 7.40. The predicted octanol–water partition coefficient (Wildman–Crippen LogP) is 1.96. The summed E-state index contributed by atoms with van der Waals surface area (Å²) >= 11 is 0. The number of fused-ring (bicyclic) bond motifs is 2. The van der Waals surface area contributed by atoms with Crippen molar-refractivity contribution in [1.29, 1.82) is 0 Å². The first-order chi connectivity index (χ1) is 19.6. The van der Waals surface area contributed by atoms with Gasteiger partial charge >= 0.3 is 5.97 Å². The first-order valence-corrected chi connectivity index (χ1v) is 14.4. The van der Waals surface area contributed by atoms with Gasteiger partial charge in [0.2, 0.25) is 11.8 Å². The number of aryl methyl sites for hydroxylation is 2. The number of likely N-dealkylation sites (tertiary alicyclic amines) is 1. The Hall–Kier alpha value is -3.50. The van der Waals surface area contributed by atoms with Crippen molar-refractivity contribution in [3.63, 3.8) is 0 Å². The van der Waals surface area contributed by atoms with Crippen molar-refractivity contribution in [2.75, 3.05) is 24.6 Å². The number of amides is 3. The summed E-state index contributed by atoms with van der Waals surface area (Å²) in [6.07, 6.45) is 7.00. The summed E-state index contributed by atoms with van der Waals surface area (Å²) in [6, 6.07) is 4.04. The Morgan fingerprint density at radius 2 is 1.85 bits per heavy atom. The smallest absolute Gasteiger partial charge is 0.313 e. The van der Waals surface area contributed by atoms with E-state index in [2.05, 4.69) is 5.32 Å². The highest BCUT2D eigenvalue weighted by molar-refractivity contribution is 6.06. The fourth-order valence-electron chi connectivity index (χ4n) is 6.81. The second kappa shape index (κ2) is 11.4. The Balaban J connectivity index is 1.65. The zero-order chi connectivity index (χ0) is 29.5. The summed E-state index contributed by atoms with van der Waals surface area (Å²) in [7, 11) is 0. The fraction of sp³-hybridized carbons (Fsp3) is 0.548. The van der Waals surface area contributed by atoms with Gasteiger partial charge in [0.1, 0.15) is 23.7 Å². The van der Waals surface area contributed by atoms with E-state index in [1.165, 1.54) is 4.90 Å². The summed E-state index contributed by atoms with van der Waals surface area (Å²) in [5.41, 5.74) is 1.12. The van der Waals surface area contributed by atoms with Gasteiger partial charge in [0, 0.05) is 18.7 Å². The largest absolute Gasteiger partial charge is 0.460 e. The van der Waals surface area contributed by atoms with Gasteiger partial charge in [-0.25, -0.2) is 0 Å². The Morgan fingerprint density at radius 3 is 2.54 bits per heavy atom. The van der Waals surface area contributed by atoms with Crippen LogP contribution < -0.4 is 10.2 Å². The highest BCUT2D eigenvalue weighted by atomic mass is 16.6. The second-order valence-corrected chi connectivity index (χ2v) is 11.4. The first kappa shape index (κ1) is 29.0. The fourth-order valence-corrected chi connectivity index (χ4v) is 6.81. The third-order valence-electron chi connectivity index (χ3n) is 8.77. The molecule has 0 saturated carbocycles. The molecule has 41 heavy (non-hydrogen) atoms. The molecular weight excluding hydrogens is 526 g/mol. The minimum Gasteiger partial charge on any atom is -0.460 e. The molecule has 10 heteroatoms. The number of ether oxygens (including phenoxy) is 2. The van der Waals surface area contributed by atoms with Crippen LogP contribution in [-0.4, -0.2) is 83.3 Å². The lowest BCUT2D eigenvalue weighted by Crippen LogP contribution is -2.58. The van der Waals surface area contributed by atoms with Gasteiger partial charge in [-0.1, -0.05) is 49.4 Å². The van der Waals surface area contributed by atoms with Crippen LogP contribution in [0.25, 0.3) is 0 Å². The van der Waals surface area contributed by atoms with Gasteiger partial charge in [0.25, 0.3) is 5.91 Å². The molecule has 5 bridgehead atoms. The Labute approximate surface area is 240 Å². The van der Waals surface area contributed by atoms with Crippen LogP contribution in [-0.2, 0) is 28.7 Å². The van der Waals surface area contributed by atoms with Crippen LogP contribution in [0, 0.1) is 25.7 Å². The van der Waals surface area contributed by atoms with Crippen molar-refractivity contribution < 1.29 is 33.8 Å². The molecule has 0 radical (unpaired) electrons. The maximum absolute atomic E-state index is 14.8. The summed E-state index contributed by atoms with van der Waals surface area (Å²) in [5.74, 6) is -3.47. The van der Waals surface area contributed by atoms with Gasteiger partial charge in [-0.15, -0.1) is 0 Å². The molecule has 1 aromatic carbocycles. The van der Waals surface area contributed by atoms with Crippen LogP contribution in [0.4, 0.5) is 5.69 Å². The van der Waals surface area contributed by atoms with Crippen LogP contribution in [0.1, 0.15) is 44.2 Å². The number of hydrogen-bond acceptors (Lipinski definition) is 7. The van der Waals surface area contributed by atoms with E-state index in [1.54, 1.807) is 24.0 Å². The van der Waals surface area contributed by atoms with Gasteiger partial charge in [0.05, 0.1) is 31.2 Å². The third kappa shape index (κ3) is 4.86. The van der Waals surface area contributed by atoms with E-state index in [0.29, 0.717) is 12.8 Å². The average Bonchev–Trinajstić information content (AvgIpc) is 3.58. The maximum Gasteiger partial charge on any atom is 0.313 e. The monoisotopic (exact) mass is 565 g/mol. The van der Waals surface area contributed by atoms with E-state index in [0.717, 1.165) is 16.8 Å². The van der Waals surface area contributed by atoms with Crippen LogP contribution in [0.3, 0.4) is 0 Å². The first-order valence-electron chi connectivity index (χ1n) is 14.4. The molecule has 1 spiro atoms. The van der Waals surface area contributed by atoms with Crippen molar-refractivity contribution in [1.82, 2.24) is 10.2 Å². The van der Waals surface area contributed by atoms with Gasteiger partial charge < -0.3 is 29.7 Å². The summed E-state index contributed by atoms with van der Waals surface area (Å²) in [4.78, 5) is 58.1. The van der Waals surface area contributed by atoms with Gasteiger partial charge in [-0.2, -0.15) is 0 Å². The summed E-state index contributed by atoms with van der Waals surface area (Å²) < 4.78 is 12.1. The third-order valence-corrected chi connectivity index (χ3v) is 8.77. The Morgan fingerprint density at radius 1 is 1.12 bits per heavy atom. The average molecular weight is 566 g/mol. The molecule has 4 heterocycles. The zero-order valence-corrected chi connectivity index (χ0v) is 24.0. The van der Waals surface area contributed by atoms with E-state index < -0.39 is 53.6 Å². The van der Waals surface area contributed by atoms with E-state index >= 15 is 0 Å². The van der Waals surface area contributed by atoms with Crippen LogP contribution in [0.2, 0.25) is 0 Å². The van der Waals surface area contributed by atoms with Gasteiger partial charge in [-0.3, -0.25) is 19.2 Å². The Kier molecular flexibility index (Phi) is 8.07. The minimum absolute atomic E-state index is 0.141. The number of para-hydroxylation sites is 1. The number of hydrogen-bond donors (Lipinski definition) is 2. The SMILES string of the molecule is CC[C@@H](CO)N1C(=O)[C@@H]2[C@H]3C(=O)O[C@@H](C)CNC(=O)CC/C=C\CN(c4c(C)cccc4C)C(=O)[C@@H]1[C@]21C=C[C@H]3O1. The molecule has 4 aliphatic heterocycles. The Bertz CT molecular complexity index is 1270. The van der Waals surface area contributed by atoms with Crippen molar-refractivity contribution in [3.05, 3.63) is 53.6 Å². The lowest BCUT2D eigenvalue weighted by atomic mass is 9.74. The van der Waals surface area contributed by atoms with Crippen molar-refractivity contribution in [2.24, 2.45) is 11.8 Å². The van der Waals surface area contributed by atoms with E-state index in [4.69, 9.17) is 9.47 Å². The quantitative estimate of drug-likeness (QED) is 0.422. The van der Waals surface area contributed by atoms with Gasteiger partial charge in [-0.05, 0) is 44.7 Å². The minimum atomic E-state index is -1.38. The molecule has 4 aliphatic rings. The highest BCUT2D eigenvalue weighted by Gasteiger charge is 2.74. The standard InChI is InChI=1S/C31H39N3O7/c1-5-21(17-35)34-27-29(38)33(26-18(2)10-9-11-19(26)3)15-8-6-7-12-23(36)32-16-20(4)40-30(39)24-22-13-14-31(27,41-22)25(24)28(34)37/h6,8-11,13-14,20-22,24-25,27,35H,5,7,12,15-17H2,1-4H3,(H,32,36)/b8-6-/t20-,21-,22+,24-,25-,27+,31-/m0/s1. The number of rotatable bonds is 4. The molecular formula is C31H39N3O7. The second-order valence-electron chi connectivity index (χ2n) is 11.4. The number of carbonyl (C=O) groups excluding carboxylic acids is 4. The van der Waals surface area contributed by atoms with E-state index in [-0.39, 0.29) is 37.9 Å². The van der Waals surface area contributed by atoms with Crippen molar-refractivity contribution in [3.8, 4) is 0 Å². The molecule has 3 amide bonds. The van der Waals surface area contributed by atoms with E-state index in [9.17, 15) is 24.3 Å². The number of benzene rings is 1. The summed E-state index contributed by atoms with van der Waals surface area (Å²) in [5, 5.41) is 13.1. The number of nitrogens with one attached hydrogen (secondary N) is 1. The molecule has 2 saturated heterocycles. The number of esters is 1. The number of anilines is 1. The maximum atomic E-state index is 14.8. The molecule has 7 atom stereocenters. The molecule has 0 aromatic heterocycles. The zero-order valence-electron chi connectivity index (χ0n) is 24.0. The number of aliphatic hydroxyl groups excluding tert-OH is 1. The van der Waals surface area contributed by atoms with E-state index in [1.807, 2.05) is 51.1 Å². The normalized spacial score (nSPS) is 33.5. The van der Waals surface area contributed by atoms with Crippen LogP contribution in [0.5, 0.6) is 0 Å². The van der Waals surface area contributed by atoms with Crippen molar-refractivity contribution >= 4 is 29.4 Å². The topological polar surface area (TPSA) is 125 Å². The highest BCUT2D eigenvalue weighted by Crippen LogP contribution is 2.56. The molecule has 2 fully saturated rings. The van der Waals surface area contributed by atoms with Crippen LogP contribution >= 0.6 is 0 Å². The molecule has 10 nitrogen and oxygen atoms in total. The number of carbonyl (C=O) groups is 4. The molecule has 2 N–H and O–H groups in total. The molecule has 0 aliphatic carbocycles. The number of cyclic esters (lactones) is 1. The lowest BCUT2D eigenvalue weighted by Gasteiger charge is -2.39. The lowest BCUT2D eigenvalue weighted by molar-refractivity contribution is -0.159. The number of nitrogens with zero attached hydrogens (tertiary/aromatic N) is 2. The number of allylic oxidation sites excluding steroid dienone is 1.